The van der Waals surface area contributed by atoms with Crippen molar-refractivity contribution in [3.63, 3.8) is 0 Å². The van der Waals surface area contributed by atoms with Crippen LogP contribution in [-0.4, -0.2) is 16.0 Å². The molecule has 2 aromatic rings. The molecule has 25 heavy (non-hydrogen) atoms. The second kappa shape index (κ2) is 7.58. The van der Waals surface area contributed by atoms with Gasteiger partial charge in [0.15, 0.2) is 5.78 Å². The molecule has 1 aliphatic carbocycles. The Kier molecular flexibility index (Phi) is 5.45. The summed E-state index contributed by atoms with van der Waals surface area (Å²) in [6.45, 7) is 0. The molecule has 0 aliphatic heterocycles. The van der Waals surface area contributed by atoms with Gasteiger partial charge in [0.25, 0.3) is 0 Å². The smallest absolute Gasteiger partial charge is 0.185 e. The third kappa shape index (κ3) is 3.88. The van der Waals surface area contributed by atoms with Gasteiger partial charge < -0.3 is 10.2 Å². The number of halogens is 2. The highest BCUT2D eigenvalue weighted by Gasteiger charge is 2.21. The monoisotopic (exact) mass is 462 g/mol. The predicted molar refractivity (Wildman–Crippen MR) is 106 cm³/mol. The lowest BCUT2D eigenvalue weighted by molar-refractivity contribution is -0.112. The summed E-state index contributed by atoms with van der Waals surface area (Å²) in [5.41, 5.74) is 2.56. The lowest BCUT2D eigenvalue weighted by Crippen LogP contribution is -2.12. The number of benzene rings is 2. The Morgan fingerprint density at radius 2 is 1.24 bits per heavy atom. The van der Waals surface area contributed by atoms with Gasteiger partial charge in [-0.1, -0.05) is 24.3 Å². The van der Waals surface area contributed by atoms with Gasteiger partial charge in [-0.2, -0.15) is 0 Å². The van der Waals surface area contributed by atoms with E-state index in [1.165, 1.54) is 0 Å². The predicted octanol–water partition coefficient (Wildman–Crippen LogP) is 5.84. The molecule has 0 unspecified atom stereocenters. The average molecular weight is 464 g/mol. The quantitative estimate of drug-likeness (QED) is 0.549. The standard InChI is InChI=1S/C20H16Br2O3/c21-16-8-2-6-14(19(16)24)10-12-4-1-5-13(18(12)23)11-15-7-3-9-17(22)20(15)25/h2-3,6-11,24-25H,1,4-5H2/b12-10+,13-11+. The van der Waals surface area contributed by atoms with Crippen LogP contribution in [0.2, 0.25) is 0 Å². The van der Waals surface area contributed by atoms with Crippen LogP contribution < -0.4 is 0 Å². The minimum absolute atomic E-state index is 0.0370. The molecule has 0 radical (unpaired) electrons. The summed E-state index contributed by atoms with van der Waals surface area (Å²) in [4.78, 5) is 12.8. The minimum Gasteiger partial charge on any atom is -0.506 e. The number of ketones is 1. The zero-order chi connectivity index (χ0) is 18.0. The van der Waals surface area contributed by atoms with Gasteiger partial charge in [0.1, 0.15) is 11.5 Å². The Morgan fingerprint density at radius 3 is 1.68 bits per heavy atom. The number of rotatable bonds is 2. The van der Waals surface area contributed by atoms with Crippen LogP contribution in [-0.2, 0) is 4.79 Å². The minimum atomic E-state index is -0.0370. The number of phenols is 2. The van der Waals surface area contributed by atoms with E-state index in [0.717, 1.165) is 6.42 Å². The zero-order valence-electron chi connectivity index (χ0n) is 13.3. The van der Waals surface area contributed by atoms with E-state index in [0.29, 0.717) is 44.1 Å². The van der Waals surface area contributed by atoms with Gasteiger partial charge >= 0.3 is 0 Å². The first-order valence-electron chi connectivity index (χ1n) is 7.88. The molecule has 5 heteroatoms. The molecule has 1 saturated carbocycles. The molecule has 0 amide bonds. The topological polar surface area (TPSA) is 57.5 Å². The fourth-order valence-corrected chi connectivity index (χ4v) is 3.61. The highest BCUT2D eigenvalue weighted by atomic mass is 79.9. The van der Waals surface area contributed by atoms with Crippen LogP contribution in [0, 0.1) is 0 Å². The van der Waals surface area contributed by atoms with E-state index >= 15 is 0 Å². The van der Waals surface area contributed by atoms with E-state index in [1.54, 1.807) is 36.4 Å². The van der Waals surface area contributed by atoms with Crippen LogP contribution in [0.15, 0.2) is 56.5 Å². The third-order valence-electron chi connectivity index (χ3n) is 4.17. The number of hydrogen-bond acceptors (Lipinski definition) is 3. The van der Waals surface area contributed by atoms with Gasteiger partial charge in [-0.05, 0) is 75.4 Å². The van der Waals surface area contributed by atoms with E-state index in [2.05, 4.69) is 31.9 Å². The highest BCUT2D eigenvalue weighted by molar-refractivity contribution is 9.10. The van der Waals surface area contributed by atoms with E-state index in [9.17, 15) is 15.0 Å². The Bertz CT molecular complexity index is 826. The van der Waals surface area contributed by atoms with Crippen molar-refractivity contribution < 1.29 is 15.0 Å². The maximum absolute atomic E-state index is 12.8. The summed E-state index contributed by atoms with van der Waals surface area (Å²) in [5, 5.41) is 20.3. The van der Waals surface area contributed by atoms with E-state index < -0.39 is 0 Å². The molecular weight excluding hydrogens is 448 g/mol. The number of para-hydroxylation sites is 2. The molecule has 0 bridgehead atoms. The van der Waals surface area contributed by atoms with Crippen molar-refractivity contribution in [1.82, 2.24) is 0 Å². The van der Waals surface area contributed by atoms with Gasteiger partial charge in [0.2, 0.25) is 0 Å². The van der Waals surface area contributed by atoms with Crippen LogP contribution in [0.3, 0.4) is 0 Å². The van der Waals surface area contributed by atoms with Crippen molar-refractivity contribution in [1.29, 1.82) is 0 Å². The third-order valence-corrected chi connectivity index (χ3v) is 5.45. The van der Waals surface area contributed by atoms with Gasteiger partial charge in [-0.25, -0.2) is 0 Å². The number of carbonyl (C=O) groups excluding carboxylic acids is 1. The van der Waals surface area contributed by atoms with Crippen molar-refractivity contribution >= 4 is 49.8 Å². The Morgan fingerprint density at radius 1 is 0.800 bits per heavy atom. The normalized spacial score (nSPS) is 18.1. The van der Waals surface area contributed by atoms with Crippen LogP contribution in [0.4, 0.5) is 0 Å². The van der Waals surface area contributed by atoms with Crippen molar-refractivity contribution in [2.24, 2.45) is 0 Å². The molecule has 1 aliphatic rings. The fraction of sp³-hybridized carbons (Fsp3) is 0.150. The number of carbonyl (C=O) groups is 1. The lowest BCUT2D eigenvalue weighted by atomic mass is 9.86. The lowest BCUT2D eigenvalue weighted by Gasteiger charge is -2.17. The van der Waals surface area contributed by atoms with Crippen LogP contribution >= 0.6 is 31.9 Å². The second-order valence-corrected chi connectivity index (χ2v) is 7.59. The summed E-state index contributed by atoms with van der Waals surface area (Å²) in [6.07, 6.45) is 5.69. The molecule has 3 nitrogen and oxygen atoms in total. The molecule has 1 fully saturated rings. The van der Waals surface area contributed by atoms with Gasteiger partial charge in [0, 0.05) is 22.3 Å². The van der Waals surface area contributed by atoms with E-state index in [-0.39, 0.29) is 17.3 Å². The largest absolute Gasteiger partial charge is 0.506 e. The van der Waals surface area contributed by atoms with Crippen molar-refractivity contribution in [2.75, 3.05) is 0 Å². The van der Waals surface area contributed by atoms with Crippen LogP contribution in [0.1, 0.15) is 30.4 Å². The number of hydrogen-bond donors (Lipinski definition) is 2. The Labute approximate surface area is 163 Å². The van der Waals surface area contributed by atoms with Crippen molar-refractivity contribution in [3.8, 4) is 11.5 Å². The van der Waals surface area contributed by atoms with E-state index in [1.807, 2.05) is 12.1 Å². The molecule has 0 atom stereocenters. The number of aromatic hydroxyl groups is 2. The summed E-state index contributed by atoms with van der Waals surface area (Å²) < 4.78 is 1.19. The summed E-state index contributed by atoms with van der Waals surface area (Å²) in [5.74, 6) is 0.220. The van der Waals surface area contributed by atoms with Crippen molar-refractivity contribution in [3.05, 3.63) is 67.6 Å². The molecule has 2 N–H and O–H groups in total. The molecule has 2 aromatic carbocycles. The van der Waals surface area contributed by atoms with Gasteiger partial charge in [-0.3, -0.25) is 4.79 Å². The highest BCUT2D eigenvalue weighted by Crippen LogP contribution is 2.34. The summed E-state index contributed by atoms with van der Waals surface area (Å²) >= 11 is 6.58. The zero-order valence-corrected chi connectivity index (χ0v) is 16.5. The first kappa shape index (κ1) is 18.0. The van der Waals surface area contributed by atoms with Crippen LogP contribution in [0.5, 0.6) is 11.5 Å². The molecular formula is C20H16Br2O3. The summed E-state index contributed by atoms with van der Waals surface area (Å²) in [7, 11) is 0. The van der Waals surface area contributed by atoms with Crippen molar-refractivity contribution in [2.45, 2.75) is 19.3 Å². The number of allylic oxidation sites excluding steroid dienone is 2. The average Bonchev–Trinajstić information content (AvgIpc) is 2.59. The fourth-order valence-electron chi connectivity index (χ4n) is 2.85. The molecule has 0 spiro atoms. The first-order chi connectivity index (χ1) is 12.0. The Hall–Kier alpha value is -1.85. The van der Waals surface area contributed by atoms with Gasteiger partial charge in [-0.15, -0.1) is 0 Å². The second-order valence-electron chi connectivity index (χ2n) is 5.88. The maximum atomic E-state index is 12.8. The molecule has 0 heterocycles. The van der Waals surface area contributed by atoms with Gasteiger partial charge in [0.05, 0.1) is 8.95 Å². The summed E-state index contributed by atoms with van der Waals surface area (Å²) in [6, 6.07) is 10.7. The number of Topliss-reactive ketones (excluding diaryl/α,β-unsaturated/α-hetero) is 1. The molecule has 3 rings (SSSR count). The molecule has 0 aromatic heterocycles. The first-order valence-corrected chi connectivity index (χ1v) is 9.47. The SMILES string of the molecule is O=C1/C(=C/c2cccc(Br)c2O)CCC/C1=C\c1cccc(Br)c1O. The number of phenolic OH excluding ortho intramolecular Hbond substituents is 2. The van der Waals surface area contributed by atoms with E-state index in [4.69, 9.17) is 0 Å². The molecule has 0 saturated heterocycles. The maximum Gasteiger partial charge on any atom is 0.185 e. The van der Waals surface area contributed by atoms with Crippen LogP contribution in [0.25, 0.3) is 12.2 Å². The molecule has 128 valence electrons. The Balaban J connectivity index is 1.96.